The fraction of sp³-hybridized carbons (Fsp3) is 0.182. The maximum atomic E-state index is 11.4. The molecule has 0 saturated carbocycles. The van der Waals surface area contributed by atoms with Crippen molar-refractivity contribution in [3.8, 4) is 5.69 Å². The number of hydrogen-bond acceptors (Lipinski definition) is 1. The highest BCUT2D eigenvalue weighted by Crippen LogP contribution is 2.12. The van der Waals surface area contributed by atoms with Crippen LogP contribution in [0.4, 0.5) is 0 Å². The predicted octanol–water partition coefficient (Wildman–Crippen LogP) is 1.73. The Hall–Kier alpha value is -1.77. The van der Waals surface area contributed by atoms with Crippen molar-refractivity contribution in [3.05, 3.63) is 52.7 Å². The number of nitrogens with zero attached hydrogens (tertiary/aromatic N) is 1. The molecule has 0 spiro atoms. The Labute approximate surface area is 82.0 Å². The van der Waals surface area contributed by atoms with Gasteiger partial charge in [0.05, 0.1) is 5.69 Å². The lowest BCUT2D eigenvalue weighted by Gasteiger charge is -2.06. The van der Waals surface area contributed by atoms with Gasteiger partial charge in [-0.05, 0) is 18.1 Å². The van der Waals surface area contributed by atoms with Gasteiger partial charge in [-0.1, -0.05) is 25.1 Å². The molecule has 0 radical (unpaired) electrons. The Kier molecular flexibility index (Phi) is 2.23. The third-order valence-electron chi connectivity index (χ3n) is 2.28. The maximum absolute atomic E-state index is 11.4. The van der Waals surface area contributed by atoms with E-state index in [2.05, 4.69) is 11.9 Å². The van der Waals surface area contributed by atoms with Crippen LogP contribution in [0.15, 0.2) is 41.5 Å². The van der Waals surface area contributed by atoms with E-state index in [0.29, 0.717) is 0 Å². The summed E-state index contributed by atoms with van der Waals surface area (Å²) in [5, 5.41) is 0. The molecule has 0 saturated heterocycles. The van der Waals surface area contributed by atoms with Crippen molar-refractivity contribution in [1.29, 1.82) is 0 Å². The van der Waals surface area contributed by atoms with Gasteiger partial charge in [-0.15, -0.1) is 0 Å². The third-order valence-corrected chi connectivity index (χ3v) is 2.28. The Morgan fingerprint density at radius 3 is 2.79 bits per heavy atom. The molecule has 0 atom stereocenters. The van der Waals surface area contributed by atoms with Crippen LogP contribution in [-0.2, 0) is 6.42 Å². The molecule has 3 nitrogen and oxygen atoms in total. The summed E-state index contributed by atoms with van der Waals surface area (Å²) in [4.78, 5) is 14.0. The number of rotatable bonds is 2. The van der Waals surface area contributed by atoms with Crippen LogP contribution in [0.1, 0.15) is 12.5 Å². The van der Waals surface area contributed by atoms with Crippen LogP contribution in [-0.4, -0.2) is 9.55 Å². The van der Waals surface area contributed by atoms with Gasteiger partial charge in [0, 0.05) is 12.4 Å². The zero-order valence-corrected chi connectivity index (χ0v) is 8.03. The van der Waals surface area contributed by atoms with E-state index in [1.165, 1.54) is 5.56 Å². The first-order chi connectivity index (χ1) is 6.83. The average Bonchev–Trinajstić information content (AvgIpc) is 2.64. The molecule has 2 rings (SSSR count). The van der Waals surface area contributed by atoms with Crippen LogP contribution in [0, 0.1) is 0 Å². The molecule has 1 aromatic carbocycles. The number of hydrogen-bond donors (Lipinski definition) is 1. The van der Waals surface area contributed by atoms with Crippen LogP contribution in [0.5, 0.6) is 0 Å². The molecular formula is C11H12N2O. The smallest absolute Gasteiger partial charge is 0.312 e. The Bertz CT molecular complexity index is 482. The van der Waals surface area contributed by atoms with Crippen molar-refractivity contribution >= 4 is 0 Å². The highest BCUT2D eigenvalue weighted by atomic mass is 16.1. The topological polar surface area (TPSA) is 37.8 Å². The van der Waals surface area contributed by atoms with Crippen LogP contribution >= 0.6 is 0 Å². The number of nitrogens with one attached hydrogen (secondary N) is 1. The minimum atomic E-state index is -0.0918. The Balaban J connectivity index is 2.62. The number of aryl methyl sites for hydroxylation is 1. The van der Waals surface area contributed by atoms with Gasteiger partial charge in [0.25, 0.3) is 0 Å². The van der Waals surface area contributed by atoms with Crippen LogP contribution < -0.4 is 5.69 Å². The first-order valence-corrected chi connectivity index (χ1v) is 4.67. The number of imidazole rings is 1. The van der Waals surface area contributed by atoms with E-state index in [1.54, 1.807) is 17.0 Å². The maximum Gasteiger partial charge on any atom is 0.330 e. The van der Waals surface area contributed by atoms with Gasteiger partial charge in [0.2, 0.25) is 0 Å². The molecule has 3 heteroatoms. The lowest BCUT2D eigenvalue weighted by molar-refractivity contribution is 0.955. The quantitative estimate of drug-likeness (QED) is 0.765. The fourth-order valence-corrected chi connectivity index (χ4v) is 1.55. The first kappa shape index (κ1) is 8.81. The van der Waals surface area contributed by atoms with Crippen molar-refractivity contribution in [1.82, 2.24) is 9.55 Å². The normalized spacial score (nSPS) is 10.4. The SMILES string of the molecule is CCc1ccccc1-n1cc[nH]c1=O. The van der Waals surface area contributed by atoms with E-state index in [-0.39, 0.29) is 5.69 Å². The Morgan fingerprint density at radius 1 is 1.36 bits per heavy atom. The van der Waals surface area contributed by atoms with Crippen molar-refractivity contribution in [2.24, 2.45) is 0 Å². The molecule has 0 unspecified atom stereocenters. The second-order valence-electron chi connectivity index (χ2n) is 3.12. The lowest BCUT2D eigenvalue weighted by atomic mass is 10.1. The van der Waals surface area contributed by atoms with E-state index in [4.69, 9.17) is 0 Å². The molecule has 72 valence electrons. The fourth-order valence-electron chi connectivity index (χ4n) is 1.55. The molecule has 0 aliphatic carbocycles. The minimum absolute atomic E-state index is 0.0918. The molecule has 1 N–H and O–H groups in total. The number of benzene rings is 1. The molecule has 0 amide bonds. The number of aromatic amines is 1. The highest BCUT2D eigenvalue weighted by molar-refractivity contribution is 5.40. The number of H-pyrrole nitrogens is 1. The van der Waals surface area contributed by atoms with Gasteiger partial charge in [-0.3, -0.25) is 4.57 Å². The molecule has 1 aromatic heterocycles. The van der Waals surface area contributed by atoms with Crippen LogP contribution in [0.3, 0.4) is 0 Å². The van der Waals surface area contributed by atoms with Crippen molar-refractivity contribution < 1.29 is 0 Å². The van der Waals surface area contributed by atoms with Gasteiger partial charge >= 0.3 is 5.69 Å². The third kappa shape index (κ3) is 1.37. The van der Waals surface area contributed by atoms with Crippen molar-refractivity contribution in [2.45, 2.75) is 13.3 Å². The number of para-hydroxylation sites is 1. The van der Waals surface area contributed by atoms with Gasteiger partial charge in [-0.2, -0.15) is 0 Å². The van der Waals surface area contributed by atoms with E-state index in [0.717, 1.165) is 12.1 Å². The van der Waals surface area contributed by atoms with E-state index < -0.39 is 0 Å². The molecular weight excluding hydrogens is 176 g/mol. The minimum Gasteiger partial charge on any atom is -0.312 e. The summed E-state index contributed by atoms with van der Waals surface area (Å²) in [6, 6.07) is 7.91. The summed E-state index contributed by atoms with van der Waals surface area (Å²) in [5.41, 5.74) is 2.04. The monoisotopic (exact) mass is 188 g/mol. The largest absolute Gasteiger partial charge is 0.330 e. The van der Waals surface area contributed by atoms with Crippen molar-refractivity contribution in [2.75, 3.05) is 0 Å². The van der Waals surface area contributed by atoms with Gasteiger partial charge in [0.15, 0.2) is 0 Å². The summed E-state index contributed by atoms with van der Waals surface area (Å²) < 4.78 is 1.62. The van der Waals surface area contributed by atoms with E-state index >= 15 is 0 Å². The van der Waals surface area contributed by atoms with Gasteiger partial charge < -0.3 is 4.98 Å². The molecule has 0 aliphatic rings. The second kappa shape index (κ2) is 3.54. The zero-order valence-electron chi connectivity index (χ0n) is 8.03. The standard InChI is InChI=1S/C11H12N2O/c1-2-9-5-3-4-6-10(9)13-8-7-12-11(13)14/h3-8H,2H2,1H3,(H,12,14). The average molecular weight is 188 g/mol. The van der Waals surface area contributed by atoms with E-state index in [1.807, 2.05) is 24.3 Å². The second-order valence-corrected chi connectivity index (χ2v) is 3.12. The summed E-state index contributed by atoms with van der Waals surface area (Å²) in [7, 11) is 0. The summed E-state index contributed by atoms with van der Waals surface area (Å²) >= 11 is 0. The summed E-state index contributed by atoms with van der Waals surface area (Å²) in [6.07, 6.45) is 4.32. The number of aromatic nitrogens is 2. The predicted molar refractivity (Wildman–Crippen MR) is 55.8 cm³/mol. The lowest BCUT2D eigenvalue weighted by Crippen LogP contribution is -2.15. The molecule has 14 heavy (non-hydrogen) atoms. The van der Waals surface area contributed by atoms with Crippen molar-refractivity contribution in [3.63, 3.8) is 0 Å². The molecule has 0 aliphatic heterocycles. The van der Waals surface area contributed by atoms with E-state index in [9.17, 15) is 4.79 Å². The van der Waals surface area contributed by atoms with Gasteiger partial charge in [-0.25, -0.2) is 4.79 Å². The zero-order chi connectivity index (χ0) is 9.97. The first-order valence-electron chi connectivity index (χ1n) is 4.67. The van der Waals surface area contributed by atoms with Gasteiger partial charge in [0.1, 0.15) is 0 Å². The van der Waals surface area contributed by atoms with Crippen LogP contribution in [0.2, 0.25) is 0 Å². The Morgan fingerprint density at radius 2 is 2.14 bits per heavy atom. The molecule has 2 aromatic rings. The molecule has 1 heterocycles. The summed E-state index contributed by atoms with van der Waals surface area (Å²) in [6.45, 7) is 2.08. The summed E-state index contributed by atoms with van der Waals surface area (Å²) in [5.74, 6) is 0. The highest BCUT2D eigenvalue weighted by Gasteiger charge is 2.03. The molecule has 0 bridgehead atoms. The van der Waals surface area contributed by atoms with Crippen LogP contribution in [0.25, 0.3) is 5.69 Å². The molecule has 0 fully saturated rings.